The van der Waals surface area contributed by atoms with Gasteiger partial charge in [-0.1, -0.05) is 6.07 Å². The van der Waals surface area contributed by atoms with Crippen LogP contribution in [-0.4, -0.2) is 62.3 Å². The van der Waals surface area contributed by atoms with Gasteiger partial charge in [-0.3, -0.25) is 14.0 Å². The molecule has 3 aromatic rings. The number of amides is 2. The molecular weight excluding hydrogens is 449 g/mol. The number of carbonyl (C=O) groups excluding carboxylic acids is 2. The molecule has 0 aliphatic carbocycles. The average molecular weight is 476 g/mol. The van der Waals surface area contributed by atoms with E-state index in [1.807, 2.05) is 36.0 Å². The fourth-order valence-corrected chi connectivity index (χ4v) is 5.12. The van der Waals surface area contributed by atoms with Crippen molar-refractivity contribution in [2.75, 3.05) is 36.6 Å². The van der Waals surface area contributed by atoms with E-state index in [0.717, 1.165) is 17.0 Å². The molecule has 1 aliphatic heterocycles. The van der Waals surface area contributed by atoms with Crippen LogP contribution in [0.3, 0.4) is 0 Å². The van der Waals surface area contributed by atoms with E-state index < -0.39 is 22.4 Å². The van der Waals surface area contributed by atoms with Gasteiger partial charge in [-0.2, -0.15) is 10.6 Å². The SMILES string of the molecule is COC(=O)c1ccc(CN(C(=O)N2CCS(O)(O)CC2)c2ccc3c(ccn3C)c2)c(F)c1. The van der Waals surface area contributed by atoms with Gasteiger partial charge in [0.05, 0.1) is 30.7 Å². The van der Waals surface area contributed by atoms with Gasteiger partial charge in [0, 0.05) is 48.5 Å². The number of aromatic nitrogens is 1. The van der Waals surface area contributed by atoms with Crippen LogP contribution >= 0.6 is 10.6 Å². The van der Waals surface area contributed by atoms with Crippen molar-refractivity contribution in [2.24, 2.45) is 7.05 Å². The molecule has 2 aromatic carbocycles. The van der Waals surface area contributed by atoms with Gasteiger partial charge in [-0.15, -0.1) is 0 Å². The van der Waals surface area contributed by atoms with Gasteiger partial charge in [-0.05, 0) is 36.4 Å². The number of aryl methyl sites for hydroxylation is 1. The summed E-state index contributed by atoms with van der Waals surface area (Å²) in [7, 11) is 0.485. The Labute approximate surface area is 192 Å². The molecule has 1 fully saturated rings. The number of ether oxygens (including phenoxy) is 1. The maximum Gasteiger partial charge on any atom is 0.337 e. The highest BCUT2D eigenvalue weighted by Gasteiger charge is 2.30. The number of anilines is 1. The van der Waals surface area contributed by atoms with Crippen LogP contribution in [0.5, 0.6) is 0 Å². The number of urea groups is 1. The van der Waals surface area contributed by atoms with Crippen molar-refractivity contribution in [3.05, 3.63) is 65.6 Å². The fourth-order valence-electron chi connectivity index (χ4n) is 3.89. The molecular formula is C23H26FN3O5S. The summed E-state index contributed by atoms with van der Waals surface area (Å²) in [6.07, 6.45) is 1.92. The zero-order chi connectivity index (χ0) is 23.8. The lowest BCUT2D eigenvalue weighted by molar-refractivity contribution is 0.0600. The van der Waals surface area contributed by atoms with Crippen molar-refractivity contribution >= 4 is 39.2 Å². The lowest BCUT2D eigenvalue weighted by Gasteiger charge is -2.42. The fraction of sp³-hybridized carbons (Fsp3) is 0.304. The van der Waals surface area contributed by atoms with Gasteiger partial charge in [0.15, 0.2) is 0 Å². The van der Waals surface area contributed by atoms with Crippen LogP contribution in [0.4, 0.5) is 14.9 Å². The zero-order valence-electron chi connectivity index (χ0n) is 18.4. The Morgan fingerprint density at radius 3 is 2.52 bits per heavy atom. The number of halogens is 1. The molecule has 1 aliphatic rings. The molecule has 0 atom stereocenters. The normalized spacial score (nSPS) is 16.5. The molecule has 1 saturated heterocycles. The zero-order valence-corrected chi connectivity index (χ0v) is 19.2. The van der Waals surface area contributed by atoms with Crippen molar-refractivity contribution in [1.29, 1.82) is 0 Å². The second-order valence-electron chi connectivity index (χ2n) is 8.03. The predicted molar refractivity (Wildman–Crippen MR) is 126 cm³/mol. The summed E-state index contributed by atoms with van der Waals surface area (Å²) in [5.74, 6) is -1.03. The first kappa shape index (κ1) is 23.1. The third-order valence-electron chi connectivity index (χ3n) is 5.86. The molecule has 2 heterocycles. The van der Waals surface area contributed by atoms with Gasteiger partial charge in [-0.25, -0.2) is 14.0 Å². The van der Waals surface area contributed by atoms with Crippen LogP contribution in [0.2, 0.25) is 0 Å². The summed E-state index contributed by atoms with van der Waals surface area (Å²) >= 11 is 0. The molecule has 176 valence electrons. The van der Waals surface area contributed by atoms with Crippen LogP contribution in [0.25, 0.3) is 10.9 Å². The van der Waals surface area contributed by atoms with Crippen LogP contribution in [0.1, 0.15) is 15.9 Å². The number of esters is 1. The Bertz CT molecular complexity index is 1200. The highest BCUT2D eigenvalue weighted by Crippen LogP contribution is 2.40. The van der Waals surface area contributed by atoms with Crippen molar-refractivity contribution in [3.63, 3.8) is 0 Å². The predicted octanol–water partition coefficient (Wildman–Crippen LogP) is 4.30. The Hall–Kier alpha value is -3.08. The van der Waals surface area contributed by atoms with E-state index >= 15 is 0 Å². The van der Waals surface area contributed by atoms with Crippen LogP contribution in [0, 0.1) is 5.82 Å². The molecule has 2 N–H and O–H groups in total. The summed E-state index contributed by atoms with van der Waals surface area (Å²) in [6, 6.07) is 11.2. The smallest absolute Gasteiger partial charge is 0.337 e. The molecule has 8 nitrogen and oxygen atoms in total. The van der Waals surface area contributed by atoms with Crippen LogP contribution < -0.4 is 4.90 Å². The molecule has 10 heteroatoms. The molecule has 1 aromatic heterocycles. The summed E-state index contributed by atoms with van der Waals surface area (Å²) in [5, 5.41) is 0.933. The van der Waals surface area contributed by atoms with E-state index in [0.29, 0.717) is 5.69 Å². The highest BCUT2D eigenvalue weighted by molar-refractivity contribution is 8.24. The average Bonchev–Trinajstić information content (AvgIpc) is 3.17. The molecule has 0 saturated carbocycles. The molecule has 4 rings (SSSR count). The Balaban J connectivity index is 1.68. The molecule has 2 amide bonds. The summed E-state index contributed by atoms with van der Waals surface area (Å²) < 4.78 is 41.3. The first-order valence-corrected chi connectivity index (χ1v) is 12.3. The Kier molecular flexibility index (Phi) is 6.33. The first-order chi connectivity index (χ1) is 15.7. The summed E-state index contributed by atoms with van der Waals surface area (Å²) in [5.41, 5.74) is 1.91. The van der Waals surface area contributed by atoms with Gasteiger partial charge in [0.25, 0.3) is 0 Å². The third kappa shape index (κ3) is 4.82. The number of fused-ring (bicyclic) bond motifs is 1. The first-order valence-electron chi connectivity index (χ1n) is 10.4. The number of methoxy groups -OCH3 is 1. The number of benzene rings is 2. The number of hydrogen-bond acceptors (Lipinski definition) is 5. The van der Waals surface area contributed by atoms with Gasteiger partial charge >= 0.3 is 12.0 Å². The summed E-state index contributed by atoms with van der Waals surface area (Å²) in [6.45, 7) is 0.348. The van der Waals surface area contributed by atoms with E-state index in [9.17, 15) is 23.1 Å². The van der Waals surface area contributed by atoms with Crippen molar-refractivity contribution in [3.8, 4) is 0 Å². The topological polar surface area (TPSA) is 95.2 Å². The number of hydrogen-bond donors (Lipinski definition) is 2. The highest BCUT2D eigenvalue weighted by atomic mass is 32.3. The second kappa shape index (κ2) is 9.05. The van der Waals surface area contributed by atoms with Crippen LogP contribution in [-0.2, 0) is 18.3 Å². The lowest BCUT2D eigenvalue weighted by atomic mass is 10.1. The van der Waals surface area contributed by atoms with E-state index in [1.54, 1.807) is 11.0 Å². The minimum absolute atomic E-state index is 0.0583. The van der Waals surface area contributed by atoms with Crippen molar-refractivity contribution in [1.82, 2.24) is 9.47 Å². The van der Waals surface area contributed by atoms with Gasteiger partial charge < -0.3 is 14.2 Å². The maximum atomic E-state index is 14.9. The third-order valence-corrected chi connectivity index (χ3v) is 7.53. The van der Waals surface area contributed by atoms with Crippen LogP contribution in [0.15, 0.2) is 48.7 Å². The Morgan fingerprint density at radius 2 is 1.85 bits per heavy atom. The van der Waals surface area contributed by atoms with Gasteiger partial charge in [0.1, 0.15) is 5.82 Å². The number of carbonyl (C=O) groups is 2. The van der Waals surface area contributed by atoms with Gasteiger partial charge in [0.2, 0.25) is 0 Å². The monoisotopic (exact) mass is 475 g/mol. The van der Waals surface area contributed by atoms with Crippen molar-refractivity contribution in [2.45, 2.75) is 6.54 Å². The van der Waals surface area contributed by atoms with E-state index in [-0.39, 0.29) is 48.3 Å². The number of rotatable bonds is 4. The largest absolute Gasteiger partial charge is 0.465 e. The molecule has 33 heavy (non-hydrogen) atoms. The lowest BCUT2D eigenvalue weighted by Crippen LogP contribution is -2.48. The second-order valence-corrected chi connectivity index (χ2v) is 10.5. The minimum Gasteiger partial charge on any atom is -0.465 e. The number of nitrogens with zero attached hydrogens (tertiary/aromatic N) is 3. The minimum atomic E-state index is -2.67. The molecule has 0 bridgehead atoms. The van der Waals surface area contributed by atoms with E-state index in [4.69, 9.17) is 0 Å². The van der Waals surface area contributed by atoms with E-state index in [1.165, 1.54) is 24.1 Å². The molecule has 0 unspecified atom stereocenters. The summed E-state index contributed by atoms with van der Waals surface area (Å²) in [4.78, 5) is 28.2. The quantitative estimate of drug-likeness (QED) is 0.549. The molecule has 0 spiro atoms. The maximum absolute atomic E-state index is 14.9. The standard InChI is InChI=1S/C23H26FN3O5S/c1-25-8-7-16-13-19(5-6-21(16)25)27(23(29)26-9-11-33(30,31)12-10-26)15-18-4-3-17(14-20(18)24)22(28)32-2/h3-8,13-14,30-31H,9-12,15H2,1-2H3. The molecule has 0 radical (unpaired) electrons. The Morgan fingerprint density at radius 1 is 1.12 bits per heavy atom. The van der Waals surface area contributed by atoms with Crippen molar-refractivity contribution < 1.29 is 27.8 Å². The van der Waals surface area contributed by atoms with E-state index in [2.05, 4.69) is 4.74 Å².